The number of sulfonamides is 1. The second-order valence-corrected chi connectivity index (χ2v) is 6.24. The minimum absolute atomic E-state index is 0.175. The summed E-state index contributed by atoms with van der Waals surface area (Å²) in [5.74, 6) is 0. The molecule has 112 valence electrons. The average Bonchev–Trinajstić information content (AvgIpc) is 2.33. The van der Waals surface area contributed by atoms with Crippen LogP contribution in [0.4, 0.5) is 11.4 Å². The number of para-hydroxylation sites is 1. The molecule has 0 aliphatic heterocycles. The van der Waals surface area contributed by atoms with E-state index in [2.05, 4.69) is 4.72 Å². The Morgan fingerprint density at radius 2 is 2.05 bits per heavy atom. The maximum atomic E-state index is 12.1. The van der Waals surface area contributed by atoms with Gasteiger partial charge in [-0.05, 0) is 39.2 Å². The molecule has 0 spiro atoms. The van der Waals surface area contributed by atoms with Gasteiger partial charge in [-0.1, -0.05) is 6.07 Å². The molecule has 20 heavy (non-hydrogen) atoms. The molecule has 0 unspecified atom stereocenters. The van der Waals surface area contributed by atoms with Gasteiger partial charge in [-0.25, -0.2) is 13.1 Å². The molecule has 1 aromatic rings. The van der Waals surface area contributed by atoms with Gasteiger partial charge in [0.2, 0.25) is 10.0 Å². The van der Waals surface area contributed by atoms with Crippen LogP contribution in [0.3, 0.4) is 0 Å². The van der Waals surface area contributed by atoms with E-state index in [4.69, 9.17) is 5.73 Å². The van der Waals surface area contributed by atoms with Gasteiger partial charge in [0.1, 0.15) is 5.69 Å². The summed E-state index contributed by atoms with van der Waals surface area (Å²) in [6, 6.07) is 3.84. The number of nitro groups is 1. The molecule has 3 N–H and O–H groups in total. The Morgan fingerprint density at radius 1 is 1.40 bits per heavy atom. The number of benzene rings is 1. The number of nitrogen functional groups attached to an aromatic ring is 1. The van der Waals surface area contributed by atoms with Gasteiger partial charge in [0.05, 0.1) is 4.92 Å². The zero-order chi connectivity index (χ0) is 15.3. The second-order valence-electron chi connectivity index (χ2n) is 4.51. The predicted molar refractivity (Wildman–Crippen MR) is 75.9 cm³/mol. The van der Waals surface area contributed by atoms with E-state index in [0.717, 1.165) is 0 Å². The fourth-order valence-corrected chi connectivity index (χ4v) is 2.90. The first-order valence-electron chi connectivity index (χ1n) is 5.93. The molecule has 0 bridgehead atoms. The molecule has 0 aliphatic carbocycles. The summed E-state index contributed by atoms with van der Waals surface area (Å²) < 4.78 is 26.5. The van der Waals surface area contributed by atoms with Gasteiger partial charge < -0.3 is 10.6 Å². The van der Waals surface area contributed by atoms with Crippen molar-refractivity contribution < 1.29 is 13.3 Å². The van der Waals surface area contributed by atoms with E-state index >= 15 is 0 Å². The first-order valence-corrected chi connectivity index (χ1v) is 7.41. The summed E-state index contributed by atoms with van der Waals surface area (Å²) in [5.41, 5.74) is 4.71. The third kappa shape index (κ3) is 4.15. The topological polar surface area (TPSA) is 119 Å². The lowest BCUT2D eigenvalue weighted by atomic mass is 10.3. The van der Waals surface area contributed by atoms with Crippen molar-refractivity contribution in [3.63, 3.8) is 0 Å². The summed E-state index contributed by atoms with van der Waals surface area (Å²) in [5, 5.41) is 10.9. The van der Waals surface area contributed by atoms with Crippen LogP contribution in [0, 0.1) is 10.1 Å². The Morgan fingerprint density at radius 3 is 2.60 bits per heavy atom. The van der Waals surface area contributed by atoms with Crippen LogP contribution in [-0.2, 0) is 10.0 Å². The smallest absolute Gasteiger partial charge is 0.312 e. The van der Waals surface area contributed by atoms with Gasteiger partial charge in [0, 0.05) is 6.54 Å². The normalized spacial score (nSPS) is 11.8. The van der Waals surface area contributed by atoms with Crippen LogP contribution >= 0.6 is 0 Å². The van der Waals surface area contributed by atoms with E-state index < -0.39 is 25.5 Å². The number of anilines is 1. The molecular formula is C11H18N4O4S. The molecule has 0 saturated heterocycles. The van der Waals surface area contributed by atoms with E-state index in [9.17, 15) is 18.5 Å². The van der Waals surface area contributed by atoms with Gasteiger partial charge >= 0.3 is 5.69 Å². The molecule has 0 radical (unpaired) electrons. The molecule has 0 amide bonds. The van der Waals surface area contributed by atoms with E-state index in [1.807, 2.05) is 19.0 Å². The van der Waals surface area contributed by atoms with Crippen molar-refractivity contribution >= 4 is 21.4 Å². The number of nitrogens with two attached hydrogens (primary N) is 1. The van der Waals surface area contributed by atoms with Crippen molar-refractivity contribution in [3.8, 4) is 0 Å². The van der Waals surface area contributed by atoms with E-state index in [1.165, 1.54) is 18.2 Å². The molecule has 0 fully saturated rings. The highest BCUT2D eigenvalue weighted by atomic mass is 32.2. The molecule has 1 aromatic carbocycles. The van der Waals surface area contributed by atoms with Crippen molar-refractivity contribution in [2.75, 3.05) is 32.9 Å². The Kier molecular flexibility index (Phi) is 5.43. The first kappa shape index (κ1) is 16.3. The van der Waals surface area contributed by atoms with Crippen molar-refractivity contribution in [3.05, 3.63) is 28.3 Å². The van der Waals surface area contributed by atoms with Crippen molar-refractivity contribution in [1.82, 2.24) is 9.62 Å². The van der Waals surface area contributed by atoms with Crippen LogP contribution in [0.2, 0.25) is 0 Å². The molecule has 8 nitrogen and oxygen atoms in total. The lowest BCUT2D eigenvalue weighted by Crippen LogP contribution is -2.28. The zero-order valence-corrected chi connectivity index (χ0v) is 12.2. The first-order chi connectivity index (χ1) is 9.25. The van der Waals surface area contributed by atoms with Crippen molar-refractivity contribution in [1.29, 1.82) is 0 Å². The SMILES string of the molecule is CN(C)CCCNS(=O)(=O)c1cccc(N)c1[N+](=O)[O-]. The third-order valence-corrected chi connectivity index (χ3v) is 4.07. The second kappa shape index (κ2) is 6.64. The minimum Gasteiger partial charge on any atom is -0.393 e. The highest BCUT2D eigenvalue weighted by Crippen LogP contribution is 2.29. The highest BCUT2D eigenvalue weighted by Gasteiger charge is 2.27. The molecular weight excluding hydrogens is 284 g/mol. The summed E-state index contributed by atoms with van der Waals surface area (Å²) in [6.07, 6.45) is 0.600. The quantitative estimate of drug-likeness (QED) is 0.326. The molecule has 0 atom stereocenters. The largest absolute Gasteiger partial charge is 0.393 e. The van der Waals surface area contributed by atoms with Crippen molar-refractivity contribution in [2.45, 2.75) is 11.3 Å². The van der Waals surface area contributed by atoms with Gasteiger partial charge in [-0.3, -0.25) is 10.1 Å². The molecule has 0 aliphatic rings. The number of hydrogen-bond donors (Lipinski definition) is 2. The van der Waals surface area contributed by atoms with E-state index in [0.29, 0.717) is 13.0 Å². The van der Waals surface area contributed by atoms with Crippen molar-refractivity contribution in [2.24, 2.45) is 0 Å². The number of nitro benzene ring substituents is 1. The fourth-order valence-electron chi connectivity index (χ4n) is 1.63. The number of nitrogens with one attached hydrogen (secondary N) is 1. The van der Waals surface area contributed by atoms with Crippen LogP contribution in [0.1, 0.15) is 6.42 Å². The van der Waals surface area contributed by atoms with Crippen LogP contribution in [0.15, 0.2) is 23.1 Å². The third-order valence-electron chi connectivity index (χ3n) is 2.58. The zero-order valence-electron chi connectivity index (χ0n) is 11.4. The summed E-state index contributed by atoms with van der Waals surface area (Å²) >= 11 is 0. The van der Waals surface area contributed by atoms with E-state index in [1.54, 1.807) is 0 Å². The Labute approximate surface area is 117 Å². The molecule has 0 aromatic heterocycles. The van der Waals surface area contributed by atoms with Gasteiger partial charge in [-0.2, -0.15) is 0 Å². The molecule has 0 heterocycles. The van der Waals surface area contributed by atoms with E-state index in [-0.39, 0.29) is 12.2 Å². The number of hydrogen-bond acceptors (Lipinski definition) is 6. The lowest BCUT2D eigenvalue weighted by Gasteiger charge is -2.11. The lowest BCUT2D eigenvalue weighted by molar-refractivity contribution is -0.386. The van der Waals surface area contributed by atoms with Gasteiger partial charge in [-0.15, -0.1) is 0 Å². The standard InChI is InChI=1S/C11H18N4O4S/c1-14(2)8-4-7-13-20(18,19)10-6-3-5-9(12)11(10)15(16)17/h3,5-6,13H,4,7-8,12H2,1-2H3. The van der Waals surface area contributed by atoms with Gasteiger partial charge in [0.15, 0.2) is 4.90 Å². The number of nitrogens with zero attached hydrogens (tertiary/aromatic N) is 2. The van der Waals surface area contributed by atoms with Crippen LogP contribution in [0.5, 0.6) is 0 Å². The monoisotopic (exact) mass is 302 g/mol. The maximum Gasteiger partial charge on any atom is 0.312 e. The van der Waals surface area contributed by atoms with Crippen LogP contribution in [-0.4, -0.2) is 45.4 Å². The predicted octanol–water partition coefficient (Wildman–Crippen LogP) is 0.407. The summed E-state index contributed by atoms with van der Waals surface area (Å²) in [4.78, 5) is 11.7. The minimum atomic E-state index is -3.95. The molecule has 9 heteroatoms. The summed E-state index contributed by atoms with van der Waals surface area (Å²) in [6.45, 7) is 0.911. The van der Waals surface area contributed by atoms with Crippen LogP contribution in [0.25, 0.3) is 0 Å². The molecule has 1 rings (SSSR count). The van der Waals surface area contributed by atoms with Gasteiger partial charge in [0.25, 0.3) is 0 Å². The maximum absolute atomic E-state index is 12.1. The van der Waals surface area contributed by atoms with Crippen LogP contribution < -0.4 is 10.5 Å². The highest BCUT2D eigenvalue weighted by molar-refractivity contribution is 7.89. The Hall–Kier alpha value is -1.71. The Balaban J connectivity index is 2.93. The number of rotatable bonds is 7. The summed E-state index contributed by atoms with van der Waals surface area (Å²) in [7, 11) is -0.202. The average molecular weight is 302 g/mol. The molecule has 0 saturated carbocycles. The fraction of sp³-hybridized carbons (Fsp3) is 0.455. The Bertz CT molecular complexity index is 586.